The van der Waals surface area contributed by atoms with Crippen LogP contribution in [0.4, 0.5) is 51.2 Å². The lowest BCUT2D eigenvalue weighted by Crippen LogP contribution is -2.36. The molecule has 17 nitrogen and oxygen atoms in total. The van der Waals surface area contributed by atoms with Gasteiger partial charge in [-0.1, -0.05) is 54.6 Å². The summed E-state index contributed by atoms with van der Waals surface area (Å²) < 4.78 is 19.2. The third kappa shape index (κ3) is 13.2. The van der Waals surface area contributed by atoms with Gasteiger partial charge < -0.3 is 69.8 Å². The van der Waals surface area contributed by atoms with E-state index in [2.05, 4.69) is 201 Å². The summed E-state index contributed by atoms with van der Waals surface area (Å²) in [6.45, 7) is 6.32. The summed E-state index contributed by atoms with van der Waals surface area (Å²) in [5.41, 5.74) is 24.4. The van der Waals surface area contributed by atoms with E-state index >= 15 is 0 Å². The lowest BCUT2D eigenvalue weighted by atomic mass is 10.00. The predicted octanol–water partition coefficient (Wildman–Crippen LogP) is 16.8. The van der Waals surface area contributed by atoms with Gasteiger partial charge in [0.25, 0.3) is 0 Å². The molecule has 7 aromatic heterocycles. The summed E-state index contributed by atoms with van der Waals surface area (Å²) in [6, 6.07) is 53.0. The number of aromatic nitrogens is 5. The van der Waals surface area contributed by atoms with Crippen molar-refractivity contribution in [2.75, 3.05) is 76.5 Å². The lowest BCUT2D eigenvalue weighted by Gasteiger charge is -2.36. The molecule has 0 bridgehead atoms. The first-order valence-electron chi connectivity index (χ1n) is 35.6. The number of para-hydroxylation sites is 2. The molecule has 19 rings (SSSR count). The molecule has 4 atom stereocenters. The van der Waals surface area contributed by atoms with E-state index in [0.29, 0.717) is 13.0 Å². The molecule has 0 radical (unpaired) electrons. The van der Waals surface area contributed by atoms with Gasteiger partial charge in [-0.15, -0.1) is 11.3 Å². The fourth-order valence-electron chi connectivity index (χ4n) is 15.8. The number of furan rings is 1. The van der Waals surface area contributed by atoms with Crippen molar-refractivity contribution >= 4 is 94.4 Å². The maximum absolute atomic E-state index is 10.2. The summed E-state index contributed by atoms with van der Waals surface area (Å²) in [5, 5.41) is 47.4. The van der Waals surface area contributed by atoms with Crippen molar-refractivity contribution < 1.29 is 29.2 Å². The molecule has 10 heterocycles. The molecule has 6 aromatic carbocycles. The van der Waals surface area contributed by atoms with Gasteiger partial charge in [-0.2, -0.15) is 0 Å². The van der Waals surface area contributed by atoms with Gasteiger partial charge in [0.1, 0.15) is 24.2 Å². The van der Waals surface area contributed by atoms with Crippen molar-refractivity contribution in [3.63, 3.8) is 0 Å². The number of aliphatic hydroxyl groups is 3. The highest BCUT2D eigenvalue weighted by Crippen LogP contribution is 2.44. The Morgan fingerprint density at radius 1 is 0.505 bits per heavy atom. The summed E-state index contributed by atoms with van der Waals surface area (Å²) in [4.78, 5) is 27.3. The van der Waals surface area contributed by atoms with Crippen LogP contribution in [0.2, 0.25) is 0 Å². The highest BCUT2D eigenvalue weighted by atomic mass is 32.1. The molecule has 3 aliphatic carbocycles. The van der Waals surface area contributed by atoms with Crippen molar-refractivity contribution in [3.8, 4) is 11.5 Å². The van der Waals surface area contributed by atoms with Crippen LogP contribution in [0.25, 0.3) is 31.9 Å². The van der Waals surface area contributed by atoms with E-state index in [0.717, 1.165) is 193 Å². The molecular formula is C83H81N11O6S. The van der Waals surface area contributed by atoms with E-state index in [4.69, 9.17) is 13.9 Å². The fourth-order valence-corrected chi connectivity index (χ4v) is 16.8. The molecule has 101 heavy (non-hydrogen) atoms. The van der Waals surface area contributed by atoms with Crippen LogP contribution in [0.1, 0.15) is 112 Å². The summed E-state index contributed by atoms with van der Waals surface area (Å²) in [6.07, 6.45) is 21.6. The summed E-state index contributed by atoms with van der Waals surface area (Å²) in [5.74, 6) is 1.76. The number of benzene rings is 6. The Morgan fingerprint density at radius 3 is 1.61 bits per heavy atom. The Balaban J connectivity index is 0.000000113. The average molecular weight is 1360 g/mol. The molecule has 0 spiro atoms. The first-order chi connectivity index (χ1) is 49.7. The van der Waals surface area contributed by atoms with Gasteiger partial charge >= 0.3 is 0 Å². The summed E-state index contributed by atoms with van der Waals surface area (Å²) >= 11 is 1.83. The van der Waals surface area contributed by atoms with E-state index in [1.807, 2.05) is 35.6 Å². The number of H-pyrrole nitrogens is 2. The van der Waals surface area contributed by atoms with Crippen LogP contribution in [-0.4, -0.2) is 86.1 Å². The third-order valence-electron chi connectivity index (χ3n) is 21.0. The average Bonchev–Trinajstić information content (AvgIpc) is 1.22. The monoisotopic (exact) mass is 1360 g/mol. The number of hydrogen-bond acceptors (Lipinski definition) is 16. The van der Waals surface area contributed by atoms with E-state index in [-0.39, 0.29) is 6.10 Å². The number of nitrogens with zero attached hydrogens (tertiary/aromatic N) is 6. The van der Waals surface area contributed by atoms with E-state index in [9.17, 15) is 15.3 Å². The van der Waals surface area contributed by atoms with E-state index in [1.165, 1.54) is 66.3 Å². The zero-order valence-corrected chi connectivity index (χ0v) is 57.1. The minimum absolute atomic E-state index is 0.121. The molecule has 510 valence electrons. The number of aryl methyl sites for hydroxylation is 1. The molecule has 13 aromatic rings. The van der Waals surface area contributed by atoms with Gasteiger partial charge in [0.2, 0.25) is 0 Å². The minimum Gasteiger partial charge on any atom is -0.489 e. The number of aromatic amines is 2. The summed E-state index contributed by atoms with van der Waals surface area (Å²) in [7, 11) is 0. The number of ether oxygens (including phenoxy) is 2. The topological polar surface area (TPSA) is 208 Å². The molecule has 0 fully saturated rings. The van der Waals surface area contributed by atoms with Crippen molar-refractivity contribution in [1.29, 1.82) is 0 Å². The largest absolute Gasteiger partial charge is 0.489 e. The highest BCUT2D eigenvalue weighted by molar-refractivity contribution is 7.17. The fraction of sp³-hybridized carbons (Fsp3) is 0.265. The maximum Gasteiger partial charge on any atom is 0.145 e. The Kier molecular flexibility index (Phi) is 17.8. The molecule has 0 saturated carbocycles. The number of hydrogen-bond donors (Lipinski definition) is 8. The molecule has 0 amide bonds. The highest BCUT2D eigenvalue weighted by Gasteiger charge is 2.31. The molecule has 4 unspecified atom stereocenters. The number of aliphatic hydroxyl groups excluding tert-OH is 3. The van der Waals surface area contributed by atoms with Gasteiger partial charge in [-0.3, -0.25) is 15.0 Å². The second kappa shape index (κ2) is 28.2. The van der Waals surface area contributed by atoms with Crippen molar-refractivity contribution in [1.82, 2.24) is 24.9 Å². The van der Waals surface area contributed by atoms with Gasteiger partial charge in [-0.05, 0) is 205 Å². The molecule has 0 saturated heterocycles. The van der Waals surface area contributed by atoms with Crippen LogP contribution >= 0.6 is 11.3 Å². The number of nitrogens with one attached hydrogen (secondary N) is 5. The van der Waals surface area contributed by atoms with E-state index in [1.54, 1.807) is 31.1 Å². The normalized spacial score (nSPS) is 17.7. The van der Waals surface area contributed by atoms with Crippen molar-refractivity contribution in [2.45, 2.75) is 95.0 Å². The first kappa shape index (κ1) is 63.8. The lowest BCUT2D eigenvalue weighted by molar-refractivity contribution is 0.175. The van der Waals surface area contributed by atoms with Crippen molar-refractivity contribution in [2.24, 2.45) is 0 Å². The van der Waals surface area contributed by atoms with Gasteiger partial charge in [0, 0.05) is 141 Å². The molecular weight excluding hydrogens is 1280 g/mol. The zero-order valence-electron chi connectivity index (χ0n) is 56.2. The molecule has 18 heteroatoms. The van der Waals surface area contributed by atoms with Crippen LogP contribution in [-0.2, 0) is 44.9 Å². The van der Waals surface area contributed by atoms with Crippen LogP contribution < -0.4 is 40.1 Å². The smallest absolute Gasteiger partial charge is 0.145 e. The second-order valence-corrected chi connectivity index (χ2v) is 28.1. The van der Waals surface area contributed by atoms with Crippen LogP contribution in [0.15, 0.2) is 205 Å². The number of anilines is 9. The quantitative estimate of drug-likeness (QED) is 0.0453. The second-order valence-electron chi connectivity index (χ2n) is 27.2. The van der Waals surface area contributed by atoms with Crippen molar-refractivity contribution in [3.05, 3.63) is 262 Å². The molecule has 8 N–H and O–H groups in total. The van der Waals surface area contributed by atoms with Gasteiger partial charge in [0.15, 0.2) is 0 Å². The van der Waals surface area contributed by atoms with Crippen LogP contribution in [0.3, 0.4) is 0 Å². The van der Waals surface area contributed by atoms with E-state index < -0.39 is 18.3 Å². The van der Waals surface area contributed by atoms with Crippen LogP contribution in [0.5, 0.6) is 11.5 Å². The van der Waals surface area contributed by atoms with Crippen LogP contribution in [0, 0.1) is 0 Å². The standard InChI is InChI=1S/C30H28N4O3.C27H28N4O.C26H25N3O2S/c35-27-8-6-23-25(9-12-31-30(23)27)33-21-5-7-26-28(15-21)37-29(20-11-14-36-18-20)17-34(26)13-10-19-16-32-24-4-2-1-3-22(19)24;32-26-10-8-22-24(11-13-28-27(22)26)30-20-7-9-25-18(16-20)4-3-14-31(25)15-12-19-17-29-23-6-2-1-5-21(19)23;30-23-8-6-20-21(9-11-27-26(20)23)28-18-5-7-22-24(15-18)31-14-13-29(22)12-10-17-16-32-25-4-2-1-3-19(17)25/h1-5,7,9,11-12,14-16,18,27,29,32,35H,6,8,10,13,17H2,(H,31,33);1-2,5-7,9,11,13,16-17,26,29,32H,3-4,8,10,12,14-15H2,(H,28,30);1-5,7,9,11,15-16,23,30H,6,8,10,12-14H2,(H,27,28). The number of fused-ring (bicyclic) bond motifs is 9. The molecule has 6 aliphatic rings. The SMILES string of the molecule is OC1CCc2c(Nc3ccc4c(c3)CCCN4CCc3c[nH]c4ccccc34)ccnc21.OC1CCc2c(Nc3ccc4c(c3)OC(c3ccoc3)CN4CCc3c[nH]c4ccccc34)ccnc21.OC1CCc2c(Nc3ccc4c(c3)OCCN4CCc3csc4ccccc34)ccnc21. The Bertz CT molecular complexity index is 4930. The Hall–Kier alpha value is -10.6. The number of pyridine rings is 3. The minimum atomic E-state index is -0.481. The third-order valence-corrected chi connectivity index (χ3v) is 22.0. The van der Waals surface area contributed by atoms with Gasteiger partial charge in [0.05, 0.1) is 72.4 Å². The maximum atomic E-state index is 10.2. The number of thiophene rings is 1. The Morgan fingerprint density at radius 2 is 1.02 bits per heavy atom. The predicted molar refractivity (Wildman–Crippen MR) is 404 cm³/mol. The first-order valence-corrected chi connectivity index (χ1v) is 36.4. The Labute approximate surface area is 590 Å². The number of rotatable bonds is 16. The molecule has 3 aliphatic heterocycles. The zero-order chi connectivity index (χ0) is 67.8. The van der Waals surface area contributed by atoms with Gasteiger partial charge in [-0.25, -0.2) is 0 Å².